The summed E-state index contributed by atoms with van der Waals surface area (Å²) in [6.07, 6.45) is 1.62. The van der Waals surface area contributed by atoms with E-state index in [-0.39, 0.29) is 6.61 Å². The van der Waals surface area contributed by atoms with Gasteiger partial charge in [-0.05, 0) is 23.8 Å². The molecule has 0 aliphatic rings. The largest absolute Gasteiger partial charge is 0.483 e. The zero-order valence-electron chi connectivity index (χ0n) is 19.8. The molecule has 7 nitrogen and oxygen atoms in total. The van der Waals surface area contributed by atoms with E-state index in [2.05, 4.69) is 15.8 Å². The second-order valence-electron chi connectivity index (χ2n) is 8.09. The first-order valence-electron chi connectivity index (χ1n) is 11.7. The van der Waals surface area contributed by atoms with Crippen LogP contribution in [0.1, 0.15) is 10.4 Å². The molecule has 0 aliphatic carbocycles. The van der Waals surface area contributed by atoms with E-state index >= 15 is 0 Å². The highest BCUT2D eigenvalue weighted by Gasteiger charge is 2.18. The van der Waals surface area contributed by atoms with E-state index in [0.29, 0.717) is 28.5 Å². The second kappa shape index (κ2) is 11.0. The average Bonchev–Trinajstić information content (AvgIpc) is 3.46. The van der Waals surface area contributed by atoms with Gasteiger partial charge in [-0.3, -0.25) is 20.4 Å². The molecule has 2 N–H and O–H groups in total. The van der Waals surface area contributed by atoms with Crippen molar-refractivity contribution in [2.24, 2.45) is 0 Å². The zero-order valence-corrected chi connectivity index (χ0v) is 19.8. The molecule has 0 radical (unpaired) electrons. The molecule has 1 aromatic heterocycles. The summed E-state index contributed by atoms with van der Waals surface area (Å²) in [6.45, 7) is -0.272. The molecule has 5 rings (SSSR count). The van der Waals surface area contributed by atoms with Crippen LogP contribution in [0.25, 0.3) is 33.9 Å². The Hall–Kier alpha value is -5.17. The maximum Gasteiger partial charge on any atom is 0.276 e. The van der Waals surface area contributed by atoms with Crippen LogP contribution in [0.3, 0.4) is 0 Å². The monoisotopic (exact) mass is 489 g/mol. The van der Waals surface area contributed by atoms with E-state index < -0.39 is 11.8 Å². The molecular weight excluding hydrogens is 466 g/mol. The summed E-state index contributed by atoms with van der Waals surface area (Å²) in [5, 5.41) is 0. The van der Waals surface area contributed by atoms with Crippen LogP contribution in [0.15, 0.2) is 120 Å². The van der Waals surface area contributed by atoms with E-state index in [1.54, 1.807) is 36.5 Å². The van der Waals surface area contributed by atoms with Crippen molar-refractivity contribution in [1.82, 2.24) is 15.8 Å². The van der Waals surface area contributed by atoms with Crippen LogP contribution in [0.2, 0.25) is 0 Å². The molecule has 37 heavy (non-hydrogen) atoms. The van der Waals surface area contributed by atoms with Crippen molar-refractivity contribution in [2.45, 2.75) is 0 Å². The summed E-state index contributed by atoms with van der Waals surface area (Å²) >= 11 is 0. The van der Waals surface area contributed by atoms with Gasteiger partial charge in [0.1, 0.15) is 5.75 Å². The SMILES string of the molecule is O=C(COc1ccccc1-c1ccccc1)NNC(=O)c1ccccc1-c1ncc(-c2ccccc2)o1. The minimum atomic E-state index is -0.506. The van der Waals surface area contributed by atoms with Crippen LogP contribution in [0.4, 0.5) is 0 Å². The summed E-state index contributed by atoms with van der Waals surface area (Å²) in [5.41, 5.74) is 8.38. The average molecular weight is 490 g/mol. The van der Waals surface area contributed by atoms with Crippen molar-refractivity contribution in [2.75, 3.05) is 6.61 Å². The number of rotatable bonds is 7. The van der Waals surface area contributed by atoms with Crippen molar-refractivity contribution < 1.29 is 18.7 Å². The van der Waals surface area contributed by atoms with E-state index in [4.69, 9.17) is 9.15 Å². The van der Waals surface area contributed by atoms with Gasteiger partial charge < -0.3 is 9.15 Å². The van der Waals surface area contributed by atoms with E-state index in [1.807, 2.05) is 78.9 Å². The number of para-hydroxylation sites is 1. The third kappa shape index (κ3) is 5.57. The van der Waals surface area contributed by atoms with Gasteiger partial charge in [0.25, 0.3) is 11.8 Å². The molecule has 0 unspecified atom stereocenters. The number of nitrogens with zero attached hydrogens (tertiary/aromatic N) is 1. The van der Waals surface area contributed by atoms with Crippen molar-refractivity contribution in [3.63, 3.8) is 0 Å². The summed E-state index contributed by atoms with van der Waals surface area (Å²) < 4.78 is 11.6. The van der Waals surface area contributed by atoms with Crippen molar-refractivity contribution >= 4 is 11.8 Å². The van der Waals surface area contributed by atoms with Crippen LogP contribution in [-0.2, 0) is 4.79 Å². The minimum Gasteiger partial charge on any atom is -0.483 e. The molecule has 2 amide bonds. The first-order valence-corrected chi connectivity index (χ1v) is 11.7. The van der Waals surface area contributed by atoms with Gasteiger partial charge in [-0.1, -0.05) is 91.0 Å². The molecule has 0 spiro atoms. The van der Waals surface area contributed by atoms with Crippen molar-refractivity contribution in [3.05, 3.63) is 121 Å². The maximum atomic E-state index is 12.9. The van der Waals surface area contributed by atoms with Crippen LogP contribution in [0, 0.1) is 0 Å². The van der Waals surface area contributed by atoms with Gasteiger partial charge in [-0.25, -0.2) is 4.98 Å². The minimum absolute atomic E-state index is 0.272. The van der Waals surface area contributed by atoms with Crippen LogP contribution in [0.5, 0.6) is 5.75 Å². The number of oxazole rings is 1. The molecule has 0 bridgehead atoms. The topological polar surface area (TPSA) is 93.5 Å². The molecule has 0 saturated carbocycles. The van der Waals surface area contributed by atoms with Gasteiger partial charge in [0, 0.05) is 16.7 Å². The molecule has 7 heteroatoms. The lowest BCUT2D eigenvalue weighted by Gasteiger charge is -2.13. The van der Waals surface area contributed by atoms with Crippen LogP contribution >= 0.6 is 0 Å². The summed E-state index contributed by atoms with van der Waals surface area (Å²) in [4.78, 5) is 29.7. The van der Waals surface area contributed by atoms with E-state index in [1.165, 1.54) is 0 Å². The quantitative estimate of drug-likeness (QED) is 0.294. The Morgan fingerprint density at radius 3 is 2.08 bits per heavy atom. The molecular formula is C30H23N3O4. The maximum absolute atomic E-state index is 12.9. The predicted octanol–water partition coefficient (Wildman–Crippen LogP) is 5.52. The first-order chi connectivity index (χ1) is 18.2. The number of aromatic nitrogens is 1. The summed E-state index contributed by atoms with van der Waals surface area (Å²) in [6, 6.07) is 33.7. The van der Waals surface area contributed by atoms with Gasteiger partial charge >= 0.3 is 0 Å². The highest BCUT2D eigenvalue weighted by atomic mass is 16.5. The standard InChI is InChI=1S/C30H23N3O4/c34-28(20-36-26-18-10-9-15-23(26)21-11-3-1-4-12-21)32-33-29(35)24-16-7-8-17-25(24)30-31-19-27(37-30)22-13-5-2-6-14-22/h1-19H,20H2,(H,32,34)(H,33,35). The lowest BCUT2D eigenvalue weighted by Crippen LogP contribution is -2.44. The third-order valence-corrected chi connectivity index (χ3v) is 5.61. The lowest BCUT2D eigenvalue weighted by atomic mass is 10.1. The fraction of sp³-hybridized carbons (Fsp3) is 0.0333. The smallest absolute Gasteiger partial charge is 0.276 e. The van der Waals surface area contributed by atoms with Crippen LogP contribution in [-0.4, -0.2) is 23.4 Å². The zero-order chi connectivity index (χ0) is 25.5. The Balaban J connectivity index is 1.23. The lowest BCUT2D eigenvalue weighted by molar-refractivity contribution is -0.123. The van der Waals surface area contributed by atoms with Crippen LogP contribution < -0.4 is 15.6 Å². The fourth-order valence-electron chi connectivity index (χ4n) is 3.82. The Morgan fingerprint density at radius 2 is 1.32 bits per heavy atom. The molecule has 4 aromatic carbocycles. The number of carbonyl (C=O) groups is 2. The second-order valence-corrected chi connectivity index (χ2v) is 8.09. The molecule has 1 heterocycles. The number of hydrogen-bond acceptors (Lipinski definition) is 5. The predicted molar refractivity (Wildman–Crippen MR) is 140 cm³/mol. The van der Waals surface area contributed by atoms with Gasteiger partial charge in [0.2, 0.25) is 5.89 Å². The Morgan fingerprint density at radius 1 is 0.703 bits per heavy atom. The number of hydrazine groups is 1. The fourth-order valence-corrected chi connectivity index (χ4v) is 3.82. The highest BCUT2D eigenvalue weighted by molar-refractivity contribution is 6.00. The number of hydrogen-bond donors (Lipinski definition) is 2. The number of benzene rings is 4. The molecule has 182 valence electrons. The Kier molecular flexibility index (Phi) is 7.04. The number of amides is 2. The van der Waals surface area contributed by atoms with Gasteiger partial charge in [0.05, 0.1) is 11.8 Å². The third-order valence-electron chi connectivity index (χ3n) is 5.61. The number of carbonyl (C=O) groups excluding carboxylic acids is 2. The number of nitrogens with one attached hydrogen (secondary N) is 2. The Labute approximate surface area is 213 Å². The summed E-state index contributed by atoms with van der Waals surface area (Å²) in [5.74, 6) is 0.451. The molecule has 0 saturated heterocycles. The normalized spacial score (nSPS) is 10.5. The highest BCUT2D eigenvalue weighted by Crippen LogP contribution is 2.30. The van der Waals surface area contributed by atoms with E-state index in [9.17, 15) is 9.59 Å². The van der Waals surface area contributed by atoms with E-state index in [0.717, 1.165) is 16.7 Å². The summed E-state index contributed by atoms with van der Waals surface area (Å²) in [7, 11) is 0. The molecule has 5 aromatic rings. The van der Waals surface area contributed by atoms with Gasteiger partial charge in [0.15, 0.2) is 12.4 Å². The van der Waals surface area contributed by atoms with Gasteiger partial charge in [-0.15, -0.1) is 0 Å². The first kappa shape index (κ1) is 23.6. The van der Waals surface area contributed by atoms with Crippen molar-refractivity contribution in [3.8, 4) is 39.7 Å². The Bertz CT molecular complexity index is 1510. The molecule has 0 aliphatic heterocycles. The van der Waals surface area contributed by atoms with Crippen molar-refractivity contribution in [1.29, 1.82) is 0 Å². The number of ether oxygens (including phenoxy) is 1. The molecule has 0 atom stereocenters. The van der Waals surface area contributed by atoms with Gasteiger partial charge in [-0.2, -0.15) is 0 Å². The molecule has 0 fully saturated rings.